The number of hydrogen-bond acceptors (Lipinski definition) is 14. The SMILES string of the molecule is Cc1ccccc1[C@@H]1COCCN1C1CC2(CCN(c3ccc(C(=O)NS(=O)(=O)c4ccc(NC[C@H]5CC[C@](C)(O)CC5)c([N+](=O)[O-])c4)c(N4c5cc6cc[nH]c6nc5O[C@H]5COCC[C@@H]54)c3)[C@H](C)C2)C1. The number of pyridine rings is 1. The van der Waals surface area contributed by atoms with Gasteiger partial charge in [0, 0.05) is 61.7 Å². The third-order valence-electron chi connectivity index (χ3n) is 16.6. The van der Waals surface area contributed by atoms with Crippen LogP contribution in [0.2, 0.25) is 0 Å². The van der Waals surface area contributed by atoms with Gasteiger partial charge in [0.2, 0.25) is 5.88 Å². The van der Waals surface area contributed by atoms with Gasteiger partial charge >= 0.3 is 0 Å². The summed E-state index contributed by atoms with van der Waals surface area (Å²) in [6.45, 7) is 10.7. The van der Waals surface area contributed by atoms with Crippen LogP contribution in [0.1, 0.15) is 99.2 Å². The zero-order chi connectivity index (χ0) is 49.2. The molecule has 4 N–H and O–H groups in total. The first-order valence-electron chi connectivity index (χ1n) is 25.3. The second-order valence-electron chi connectivity index (χ2n) is 21.3. The molecule has 6 heterocycles. The summed E-state index contributed by atoms with van der Waals surface area (Å²) in [5, 5.41) is 26.8. The van der Waals surface area contributed by atoms with E-state index in [2.05, 4.69) is 67.8 Å². The standard InChI is InChI=1S/C53H64N8O9S/c1-33-6-4-5-7-40(33)47-31-69-23-21-59(47)38-28-53(29-38)18-20-58(34(2)27-53)37-8-10-41(44(25-37)60-43-15-22-68-32-48(43)70-51-46(60)24-36-14-19-54-49(36)56-51)50(62)57-71(66,67)39-9-11-42(45(26-39)61(64)65)55-30-35-12-16-52(3,63)17-13-35/h4-11,14,19,24-26,34-35,38,43,47-48,55,63H,12-13,15-18,20-23,27-32H2,1-3H3,(H,54,56)(H,57,62)/t34-,35-,38?,43+,47+,48+,52-,53?/m1/s1. The number of aromatic amines is 1. The number of benzene rings is 3. The van der Waals surface area contributed by atoms with Crippen molar-refractivity contribution in [2.45, 2.75) is 119 Å². The number of sulfonamides is 1. The summed E-state index contributed by atoms with van der Waals surface area (Å²) in [5.41, 5.74) is 4.71. The maximum atomic E-state index is 14.7. The van der Waals surface area contributed by atoms with Crippen molar-refractivity contribution in [1.82, 2.24) is 19.6 Å². The molecule has 2 aromatic heterocycles. The monoisotopic (exact) mass is 988 g/mol. The Kier molecular flexibility index (Phi) is 12.5. The number of aliphatic hydroxyl groups is 1. The van der Waals surface area contributed by atoms with Gasteiger partial charge in [-0.2, -0.15) is 4.98 Å². The number of piperidine rings is 1. The zero-order valence-electron chi connectivity index (χ0n) is 40.6. The molecule has 3 aromatic carbocycles. The third kappa shape index (κ3) is 9.22. The van der Waals surface area contributed by atoms with Crippen LogP contribution >= 0.6 is 0 Å². The number of nitrogens with zero attached hydrogens (tertiary/aromatic N) is 5. The molecular weight excluding hydrogens is 925 g/mol. The summed E-state index contributed by atoms with van der Waals surface area (Å²) >= 11 is 0. The van der Waals surface area contributed by atoms with E-state index in [1.165, 1.54) is 23.3 Å². The summed E-state index contributed by atoms with van der Waals surface area (Å²) in [4.78, 5) is 41.3. The highest BCUT2D eigenvalue weighted by atomic mass is 32.2. The van der Waals surface area contributed by atoms with Crippen molar-refractivity contribution in [2.24, 2.45) is 11.3 Å². The van der Waals surface area contributed by atoms with Crippen LogP contribution in [0.4, 0.5) is 28.4 Å². The van der Waals surface area contributed by atoms with Gasteiger partial charge in [-0.25, -0.2) is 13.1 Å². The highest BCUT2D eigenvalue weighted by Gasteiger charge is 2.51. The van der Waals surface area contributed by atoms with Crippen LogP contribution in [0, 0.1) is 28.4 Å². The van der Waals surface area contributed by atoms with E-state index in [0.717, 1.165) is 75.4 Å². The molecule has 376 valence electrons. The Labute approximate surface area is 414 Å². The molecule has 6 aliphatic rings. The minimum absolute atomic E-state index is 0.112. The summed E-state index contributed by atoms with van der Waals surface area (Å²) in [6, 6.07) is 22.4. The lowest BCUT2D eigenvalue weighted by Gasteiger charge is -2.59. The first-order chi connectivity index (χ1) is 34.1. The second-order valence-corrected chi connectivity index (χ2v) is 23.0. The van der Waals surface area contributed by atoms with Gasteiger partial charge in [-0.05, 0) is 143 Å². The summed E-state index contributed by atoms with van der Waals surface area (Å²) < 4.78 is 49.1. The van der Waals surface area contributed by atoms with E-state index in [1.807, 2.05) is 37.4 Å². The molecule has 4 atom stereocenters. The van der Waals surface area contributed by atoms with E-state index in [4.69, 9.17) is 19.2 Å². The first-order valence-corrected chi connectivity index (χ1v) is 26.8. The summed E-state index contributed by atoms with van der Waals surface area (Å²) in [5.74, 6) is -0.317. The van der Waals surface area contributed by atoms with Gasteiger partial charge in [0.15, 0.2) is 0 Å². The molecule has 0 unspecified atom stereocenters. The minimum Gasteiger partial charge on any atom is -0.468 e. The Hall–Kier alpha value is -5.79. The van der Waals surface area contributed by atoms with Gasteiger partial charge < -0.3 is 39.4 Å². The van der Waals surface area contributed by atoms with E-state index in [9.17, 15) is 28.4 Å². The van der Waals surface area contributed by atoms with Gasteiger partial charge in [0.05, 0.1) is 58.6 Å². The average molecular weight is 989 g/mol. The molecule has 1 amide bonds. The van der Waals surface area contributed by atoms with Gasteiger partial charge in [-0.15, -0.1) is 0 Å². The van der Waals surface area contributed by atoms with Crippen LogP contribution in [-0.2, 0) is 19.5 Å². The number of aromatic nitrogens is 2. The van der Waals surface area contributed by atoms with Crippen molar-refractivity contribution in [2.75, 3.05) is 61.2 Å². The molecule has 4 aliphatic heterocycles. The van der Waals surface area contributed by atoms with E-state index in [0.29, 0.717) is 74.6 Å². The van der Waals surface area contributed by atoms with Crippen molar-refractivity contribution < 1.29 is 37.5 Å². The number of nitro groups is 1. The van der Waals surface area contributed by atoms with Crippen LogP contribution in [0.25, 0.3) is 11.0 Å². The Bertz CT molecular complexity index is 2950. The number of nitrogens with one attached hydrogen (secondary N) is 3. The van der Waals surface area contributed by atoms with Crippen LogP contribution in [0.3, 0.4) is 0 Å². The minimum atomic E-state index is -4.62. The molecule has 1 spiro atoms. The number of H-pyrrole nitrogens is 1. The summed E-state index contributed by atoms with van der Waals surface area (Å²) in [6.07, 6.45) is 9.04. The van der Waals surface area contributed by atoms with E-state index >= 15 is 0 Å². The number of carbonyl (C=O) groups excluding carboxylic acids is 1. The number of amides is 1. The number of fused-ring (bicyclic) bond motifs is 3. The topological polar surface area (TPSA) is 205 Å². The predicted octanol–water partition coefficient (Wildman–Crippen LogP) is 8.15. The number of ether oxygens (including phenoxy) is 3. The predicted molar refractivity (Wildman–Crippen MR) is 270 cm³/mol. The molecule has 0 radical (unpaired) electrons. The molecule has 3 saturated heterocycles. The Balaban J connectivity index is 0.881. The summed E-state index contributed by atoms with van der Waals surface area (Å²) in [7, 11) is -4.62. The molecule has 5 aromatic rings. The number of rotatable bonds is 11. The maximum Gasteiger partial charge on any atom is 0.293 e. The lowest BCUT2D eigenvalue weighted by Crippen LogP contribution is -2.59. The average Bonchev–Trinajstić information content (AvgIpc) is 3.81. The molecule has 0 bridgehead atoms. The number of aryl methyl sites for hydroxylation is 1. The number of anilines is 4. The number of morpholine rings is 1. The second kappa shape index (κ2) is 18.7. The van der Waals surface area contributed by atoms with Gasteiger partial charge in [0.25, 0.3) is 21.6 Å². The quantitative estimate of drug-likeness (QED) is 0.0729. The fraction of sp³-hybridized carbons (Fsp3) is 0.509. The lowest BCUT2D eigenvalue weighted by atomic mass is 9.58. The highest BCUT2D eigenvalue weighted by molar-refractivity contribution is 7.90. The lowest BCUT2D eigenvalue weighted by molar-refractivity contribution is -0.384. The molecule has 18 heteroatoms. The van der Waals surface area contributed by atoms with Crippen molar-refractivity contribution in [3.8, 4) is 5.88 Å². The highest BCUT2D eigenvalue weighted by Crippen LogP contribution is 2.55. The van der Waals surface area contributed by atoms with E-state index in [-0.39, 0.29) is 40.7 Å². The Morgan fingerprint density at radius 2 is 1.76 bits per heavy atom. The fourth-order valence-corrected chi connectivity index (χ4v) is 13.6. The molecule has 5 fully saturated rings. The molecule has 11 rings (SSSR count). The normalized spacial score (nSPS) is 28.9. The van der Waals surface area contributed by atoms with E-state index in [1.54, 1.807) is 6.07 Å². The van der Waals surface area contributed by atoms with Gasteiger partial charge in [0.1, 0.15) is 23.1 Å². The largest absolute Gasteiger partial charge is 0.468 e. The molecule has 2 aliphatic carbocycles. The Morgan fingerprint density at radius 3 is 2.55 bits per heavy atom. The smallest absolute Gasteiger partial charge is 0.293 e. The van der Waals surface area contributed by atoms with Crippen LogP contribution < -0.4 is 24.6 Å². The van der Waals surface area contributed by atoms with Crippen LogP contribution in [-0.4, -0.2) is 115 Å². The van der Waals surface area contributed by atoms with Gasteiger partial charge in [-0.1, -0.05) is 24.3 Å². The first kappa shape index (κ1) is 47.5. The van der Waals surface area contributed by atoms with Gasteiger partial charge in [-0.3, -0.25) is 19.8 Å². The van der Waals surface area contributed by atoms with Crippen LogP contribution in [0.5, 0.6) is 5.88 Å². The van der Waals surface area contributed by atoms with Crippen molar-refractivity contribution >= 4 is 55.4 Å². The van der Waals surface area contributed by atoms with Crippen molar-refractivity contribution in [3.63, 3.8) is 0 Å². The number of carbonyl (C=O) groups is 1. The Morgan fingerprint density at radius 1 is 0.958 bits per heavy atom. The van der Waals surface area contributed by atoms with Crippen molar-refractivity contribution in [1.29, 1.82) is 0 Å². The molecule has 17 nitrogen and oxygen atoms in total. The number of hydrogen-bond donors (Lipinski definition) is 4. The molecule has 2 saturated carbocycles. The molecular formula is C53H64N8O9S. The van der Waals surface area contributed by atoms with Crippen molar-refractivity contribution in [3.05, 3.63) is 106 Å². The van der Waals surface area contributed by atoms with E-state index < -0.39 is 43.1 Å². The number of nitro benzene ring substituents is 1. The maximum absolute atomic E-state index is 14.7. The molecule has 71 heavy (non-hydrogen) atoms. The zero-order valence-corrected chi connectivity index (χ0v) is 41.5. The third-order valence-corrected chi connectivity index (χ3v) is 17.9. The fourth-order valence-electron chi connectivity index (χ4n) is 12.6. The van der Waals surface area contributed by atoms with Crippen LogP contribution in [0.15, 0.2) is 83.9 Å².